The highest BCUT2D eigenvalue weighted by atomic mass is 32.1. The number of carbonyl (C=O) groups excluding carboxylic acids is 1. The highest BCUT2D eigenvalue weighted by Crippen LogP contribution is 2.03. The fourth-order valence-electron chi connectivity index (χ4n) is 1.43. The smallest absolute Gasteiger partial charge is 0.226 e. The summed E-state index contributed by atoms with van der Waals surface area (Å²) in [4.78, 5) is 11.5. The molecule has 0 atom stereocenters. The summed E-state index contributed by atoms with van der Waals surface area (Å²) < 4.78 is 0. The predicted octanol–water partition coefficient (Wildman–Crippen LogP) is 1.33. The Morgan fingerprint density at radius 1 is 1.50 bits per heavy atom. The van der Waals surface area contributed by atoms with Crippen molar-refractivity contribution in [3.8, 4) is 0 Å². The molecule has 4 heteroatoms. The van der Waals surface area contributed by atoms with Gasteiger partial charge in [-0.1, -0.05) is 42.0 Å². The molecule has 3 nitrogen and oxygen atoms in total. The van der Waals surface area contributed by atoms with Gasteiger partial charge in [-0.2, -0.15) is 0 Å². The van der Waals surface area contributed by atoms with E-state index >= 15 is 0 Å². The van der Waals surface area contributed by atoms with Crippen molar-refractivity contribution < 1.29 is 4.79 Å². The van der Waals surface area contributed by atoms with Crippen LogP contribution in [0.3, 0.4) is 0 Å². The fraction of sp³-hybridized carbons (Fsp3) is 0.333. The van der Waals surface area contributed by atoms with Crippen LogP contribution in [0, 0.1) is 6.92 Å². The largest absolute Gasteiger partial charge is 0.393 e. The molecule has 0 bridgehead atoms. The number of carbonyl (C=O) groups is 1. The molecule has 1 aromatic rings. The van der Waals surface area contributed by atoms with Crippen molar-refractivity contribution in [1.29, 1.82) is 0 Å². The average Bonchev–Trinajstić information content (AvgIpc) is 2.16. The van der Waals surface area contributed by atoms with Gasteiger partial charge in [0, 0.05) is 6.54 Å². The molecule has 86 valence electrons. The maximum atomic E-state index is 11.2. The topological polar surface area (TPSA) is 55.1 Å². The van der Waals surface area contributed by atoms with Crippen LogP contribution < -0.4 is 11.1 Å². The summed E-state index contributed by atoms with van der Waals surface area (Å²) >= 11 is 4.65. The van der Waals surface area contributed by atoms with Crippen molar-refractivity contribution in [3.63, 3.8) is 0 Å². The molecule has 0 saturated carbocycles. The molecule has 0 spiro atoms. The molecule has 0 fully saturated rings. The molecule has 0 heterocycles. The highest BCUT2D eigenvalue weighted by molar-refractivity contribution is 7.80. The van der Waals surface area contributed by atoms with E-state index in [4.69, 9.17) is 5.73 Å². The molecule has 16 heavy (non-hydrogen) atoms. The fourth-order valence-corrected chi connectivity index (χ4v) is 1.57. The molecule has 1 rings (SSSR count). The second-order valence-corrected chi connectivity index (χ2v) is 4.26. The first-order chi connectivity index (χ1) is 7.58. The van der Waals surface area contributed by atoms with Gasteiger partial charge in [0.25, 0.3) is 0 Å². The third kappa shape index (κ3) is 4.89. The Hall–Kier alpha value is -1.42. The number of aryl methyl sites for hydroxylation is 1. The van der Waals surface area contributed by atoms with Gasteiger partial charge >= 0.3 is 0 Å². The first-order valence-electron chi connectivity index (χ1n) is 5.18. The Labute approximate surface area is 101 Å². The van der Waals surface area contributed by atoms with E-state index < -0.39 is 0 Å². The Morgan fingerprint density at radius 2 is 2.25 bits per heavy atom. The summed E-state index contributed by atoms with van der Waals surface area (Å²) in [5.74, 6) is -0.111. The van der Waals surface area contributed by atoms with Crippen LogP contribution in [0.1, 0.15) is 17.5 Å². The zero-order chi connectivity index (χ0) is 12.0. The third-order valence-corrected chi connectivity index (χ3v) is 2.30. The molecule has 3 N–H and O–H groups in total. The van der Waals surface area contributed by atoms with Crippen molar-refractivity contribution >= 4 is 23.1 Å². The van der Waals surface area contributed by atoms with Crippen LogP contribution in [0.25, 0.3) is 0 Å². The quantitative estimate of drug-likeness (QED) is 0.758. The van der Waals surface area contributed by atoms with Gasteiger partial charge in [-0.25, -0.2) is 0 Å². The minimum absolute atomic E-state index is 0.111. The summed E-state index contributed by atoms with van der Waals surface area (Å²) in [7, 11) is 0. The van der Waals surface area contributed by atoms with Crippen LogP contribution in [0.5, 0.6) is 0 Å². The monoisotopic (exact) mass is 236 g/mol. The predicted molar refractivity (Wildman–Crippen MR) is 69.3 cm³/mol. The van der Waals surface area contributed by atoms with Crippen molar-refractivity contribution in [1.82, 2.24) is 5.32 Å². The number of nitrogens with one attached hydrogen (secondary N) is 1. The minimum Gasteiger partial charge on any atom is -0.393 e. The number of hydrogen-bond donors (Lipinski definition) is 2. The molecular formula is C12H16N2OS. The lowest BCUT2D eigenvalue weighted by Gasteiger charge is -2.05. The van der Waals surface area contributed by atoms with Gasteiger partial charge in [-0.3, -0.25) is 4.79 Å². The second-order valence-electron chi connectivity index (χ2n) is 3.73. The lowest BCUT2D eigenvalue weighted by molar-refractivity contribution is -0.119. The van der Waals surface area contributed by atoms with Gasteiger partial charge in [0.2, 0.25) is 5.91 Å². The second kappa shape index (κ2) is 6.23. The standard InChI is InChI=1S/C12H16N2OS/c1-9-3-2-4-10(7-9)5-6-14-12(15)8-11(13)16/h2-4,7H,5-6,8H2,1H3,(H2,13,16)(H,14,15). The third-order valence-electron chi connectivity index (χ3n) is 2.15. The van der Waals surface area contributed by atoms with E-state index in [9.17, 15) is 4.79 Å². The molecule has 0 aliphatic carbocycles. The van der Waals surface area contributed by atoms with E-state index in [1.807, 2.05) is 12.1 Å². The van der Waals surface area contributed by atoms with E-state index in [0.717, 1.165) is 6.42 Å². The maximum Gasteiger partial charge on any atom is 0.226 e. The van der Waals surface area contributed by atoms with Crippen LogP contribution in [-0.4, -0.2) is 17.4 Å². The molecule has 0 aliphatic rings. The molecule has 0 aliphatic heterocycles. The lowest BCUT2D eigenvalue weighted by atomic mass is 10.1. The van der Waals surface area contributed by atoms with Crippen molar-refractivity contribution in [2.24, 2.45) is 5.73 Å². The van der Waals surface area contributed by atoms with E-state index in [1.54, 1.807) is 0 Å². The summed E-state index contributed by atoms with van der Waals surface area (Å²) in [6, 6.07) is 8.23. The van der Waals surface area contributed by atoms with Crippen LogP contribution in [0.2, 0.25) is 0 Å². The van der Waals surface area contributed by atoms with Crippen molar-refractivity contribution in [3.05, 3.63) is 35.4 Å². The van der Waals surface area contributed by atoms with E-state index in [0.29, 0.717) is 6.54 Å². The summed E-state index contributed by atoms with van der Waals surface area (Å²) in [5.41, 5.74) is 7.71. The molecule has 0 radical (unpaired) electrons. The maximum absolute atomic E-state index is 11.2. The molecule has 1 aromatic carbocycles. The van der Waals surface area contributed by atoms with Crippen LogP contribution >= 0.6 is 12.2 Å². The number of thiocarbonyl (C=S) groups is 1. The van der Waals surface area contributed by atoms with E-state index in [2.05, 4.69) is 36.6 Å². The summed E-state index contributed by atoms with van der Waals surface area (Å²) in [5, 5.41) is 2.78. The minimum atomic E-state index is -0.111. The zero-order valence-electron chi connectivity index (χ0n) is 9.32. The molecule has 0 saturated heterocycles. The first kappa shape index (κ1) is 12.6. The van der Waals surface area contributed by atoms with Gasteiger partial charge in [-0.15, -0.1) is 0 Å². The van der Waals surface area contributed by atoms with Crippen LogP contribution in [0.15, 0.2) is 24.3 Å². The Morgan fingerprint density at radius 3 is 2.88 bits per heavy atom. The Kier molecular flexibility index (Phi) is 4.92. The Balaban J connectivity index is 2.30. The van der Waals surface area contributed by atoms with E-state index in [1.165, 1.54) is 11.1 Å². The van der Waals surface area contributed by atoms with Gasteiger partial charge in [-0.05, 0) is 18.9 Å². The number of benzene rings is 1. The molecule has 0 unspecified atom stereocenters. The van der Waals surface area contributed by atoms with Crippen LogP contribution in [0.4, 0.5) is 0 Å². The Bertz CT molecular complexity index is 390. The first-order valence-corrected chi connectivity index (χ1v) is 5.59. The number of rotatable bonds is 5. The molecule has 1 amide bonds. The van der Waals surface area contributed by atoms with Gasteiger partial charge in [0.1, 0.15) is 0 Å². The van der Waals surface area contributed by atoms with Gasteiger partial charge in [0.05, 0.1) is 11.4 Å². The molecular weight excluding hydrogens is 220 g/mol. The molecule has 0 aromatic heterocycles. The average molecular weight is 236 g/mol. The highest BCUT2D eigenvalue weighted by Gasteiger charge is 2.02. The van der Waals surface area contributed by atoms with Gasteiger partial charge in [0.15, 0.2) is 0 Å². The zero-order valence-corrected chi connectivity index (χ0v) is 10.1. The number of nitrogens with two attached hydrogens (primary N) is 1. The van der Waals surface area contributed by atoms with Crippen LogP contribution in [-0.2, 0) is 11.2 Å². The number of amides is 1. The van der Waals surface area contributed by atoms with Gasteiger partial charge < -0.3 is 11.1 Å². The van der Waals surface area contributed by atoms with Crippen molar-refractivity contribution in [2.45, 2.75) is 19.8 Å². The lowest BCUT2D eigenvalue weighted by Crippen LogP contribution is -2.29. The van der Waals surface area contributed by atoms with Crippen molar-refractivity contribution in [2.75, 3.05) is 6.54 Å². The number of hydrogen-bond acceptors (Lipinski definition) is 2. The summed E-state index contributed by atoms with van der Waals surface area (Å²) in [6.45, 7) is 2.67. The van der Waals surface area contributed by atoms with E-state index in [-0.39, 0.29) is 17.3 Å². The SMILES string of the molecule is Cc1cccc(CCNC(=O)CC(N)=S)c1. The normalized spacial score (nSPS) is 9.81. The summed E-state index contributed by atoms with van der Waals surface area (Å²) in [6.07, 6.45) is 0.952.